The van der Waals surface area contributed by atoms with Crippen molar-refractivity contribution in [3.05, 3.63) is 41.4 Å². The van der Waals surface area contributed by atoms with E-state index in [1.807, 2.05) is 0 Å². The van der Waals surface area contributed by atoms with Gasteiger partial charge in [0.1, 0.15) is 5.15 Å². The van der Waals surface area contributed by atoms with E-state index >= 15 is 0 Å². The van der Waals surface area contributed by atoms with E-state index < -0.39 is 5.97 Å². The van der Waals surface area contributed by atoms with Crippen LogP contribution in [0.4, 0.5) is 5.69 Å². The van der Waals surface area contributed by atoms with Gasteiger partial charge in [0.2, 0.25) is 0 Å². The average molecular weight is 264 g/mol. The molecule has 0 aliphatic heterocycles. The van der Waals surface area contributed by atoms with Crippen LogP contribution >= 0.6 is 11.6 Å². The van der Waals surface area contributed by atoms with Gasteiger partial charge in [-0.1, -0.05) is 11.6 Å². The number of methoxy groups -OCH3 is 1. The molecule has 0 aliphatic carbocycles. The highest BCUT2D eigenvalue weighted by Gasteiger charge is 2.10. The van der Waals surface area contributed by atoms with Crippen LogP contribution in [0.25, 0.3) is 11.1 Å². The van der Waals surface area contributed by atoms with E-state index in [1.54, 1.807) is 18.3 Å². The minimum atomic E-state index is -0.454. The summed E-state index contributed by atoms with van der Waals surface area (Å²) in [6, 6.07) is 3.18. The highest BCUT2D eigenvalue weighted by Crippen LogP contribution is 2.26. The summed E-state index contributed by atoms with van der Waals surface area (Å²) in [5.41, 5.74) is 8.01. The number of esters is 1. The lowest BCUT2D eigenvalue weighted by molar-refractivity contribution is 0.0600. The molecule has 5 nitrogen and oxygen atoms in total. The molecule has 0 atom stereocenters. The smallest absolute Gasteiger partial charge is 0.339 e. The number of rotatable bonds is 2. The average Bonchev–Trinajstić information content (AvgIpc) is 2.38. The number of halogens is 1. The van der Waals surface area contributed by atoms with Crippen LogP contribution in [0, 0.1) is 0 Å². The quantitative estimate of drug-likeness (QED) is 0.664. The second-order valence-electron chi connectivity index (χ2n) is 3.55. The molecule has 18 heavy (non-hydrogen) atoms. The maximum Gasteiger partial charge on any atom is 0.339 e. The van der Waals surface area contributed by atoms with Crippen LogP contribution in [-0.2, 0) is 4.74 Å². The standard InChI is InChI=1S/C12H10ClN3O2/c1-18-12(17)8-2-7(4-15-5-8)9-6-16-11(13)3-10(9)14/h2-6H,1H3,(H2,14,16). The number of carbonyl (C=O) groups is 1. The van der Waals surface area contributed by atoms with E-state index in [4.69, 9.17) is 17.3 Å². The SMILES string of the molecule is COC(=O)c1cncc(-c2cnc(Cl)cc2N)c1. The second-order valence-corrected chi connectivity index (χ2v) is 3.94. The Balaban J connectivity index is 2.48. The number of hydrogen-bond acceptors (Lipinski definition) is 5. The third-order valence-corrected chi connectivity index (χ3v) is 2.58. The molecule has 0 saturated carbocycles. The van der Waals surface area contributed by atoms with Crippen LogP contribution in [0.2, 0.25) is 5.15 Å². The lowest BCUT2D eigenvalue weighted by atomic mass is 10.1. The molecular formula is C12H10ClN3O2. The Morgan fingerprint density at radius 3 is 2.78 bits per heavy atom. The van der Waals surface area contributed by atoms with E-state index in [0.29, 0.717) is 27.5 Å². The molecule has 6 heteroatoms. The van der Waals surface area contributed by atoms with Gasteiger partial charge in [0.05, 0.1) is 12.7 Å². The van der Waals surface area contributed by atoms with E-state index in [2.05, 4.69) is 14.7 Å². The second kappa shape index (κ2) is 5.01. The maximum absolute atomic E-state index is 11.4. The number of nitrogen functional groups attached to an aromatic ring is 1. The molecule has 0 bridgehead atoms. The van der Waals surface area contributed by atoms with Gasteiger partial charge in [-0.2, -0.15) is 0 Å². The summed E-state index contributed by atoms with van der Waals surface area (Å²) in [6.45, 7) is 0. The van der Waals surface area contributed by atoms with Gasteiger partial charge >= 0.3 is 5.97 Å². The third-order valence-electron chi connectivity index (χ3n) is 2.37. The summed E-state index contributed by atoms with van der Waals surface area (Å²) >= 11 is 5.73. The van der Waals surface area contributed by atoms with E-state index in [9.17, 15) is 4.79 Å². The molecular weight excluding hydrogens is 254 g/mol. The van der Waals surface area contributed by atoms with Crippen molar-refractivity contribution >= 4 is 23.3 Å². The summed E-state index contributed by atoms with van der Waals surface area (Å²) < 4.78 is 4.63. The largest absolute Gasteiger partial charge is 0.465 e. The van der Waals surface area contributed by atoms with Crippen molar-refractivity contribution in [2.24, 2.45) is 0 Å². The molecule has 0 aliphatic rings. The number of pyridine rings is 2. The van der Waals surface area contributed by atoms with E-state index in [0.717, 1.165) is 0 Å². The van der Waals surface area contributed by atoms with Crippen molar-refractivity contribution in [2.45, 2.75) is 0 Å². The van der Waals surface area contributed by atoms with Crippen molar-refractivity contribution in [2.75, 3.05) is 12.8 Å². The molecule has 2 aromatic rings. The van der Waals surface area contributed by atoms with Crippen molar-refractivity contribution in [3.8, 4) is 11.1 Å². The number of nitrogens with zero attached hydrogens (tertiary/aromatic N) is 2. The zero-order chi connectivity index (χ0) is 13.1. The van der Waals surface area contributed by atoms with Crippen molar-refractivity contribution in [1.82, 2.24) is 9.97 Å². The molecule has 0 amide bonds. The lowest BCUT2D eigenvalue weighted by Gasteiger charge is -2.06. The Hall–Kier alpha value is -2.14. The fraction of sp³-hybridized carbons (Fsp3) is 0.0833. The fourth-order valence-corrected chi connectivity index (χ4v) is 1.67. The molecule has 0 unspecified atom stereocenters. The number of anilines is 1. The van der Waals surface area contributed by atoms with Crippen LogP contribution in [0.5, 0.6) is 0 Å². The Morgan fingerprint density at radius 1 is 1.33 bits per heavy atom. The van der Waals surface area contributed by atoms with Gasteiger partial charge in [-0.05, 0) is 12.1 Å². The van der Waals surface area contributed by atoms with Crippen LogP contribution in [-0.4, -0.2) is 23.0 Å². The van der Waals surface area contributed by atoms with Gasteiger partial charge in [-0.15, -0.1) is 0 Å². The number of ether oxygens (including phenoxy) is 1. The van der Waals surface area contributed by atoms with Crippen molar-refractivity contribution < 1.29 is 9.53 Å². The van der Waals surface area contributed by atoms with Gasteiger partial charge in [-0.25, -0.2) is 9.78 Å². The first-order chi connectivity index (χ1) is 8.61. The molecule has 2 heterocycles. The number of carbonyl (C=O) groups excluding carboxylic acids is 1. The molecule has 0 aromatic carbocycles. The van der Waals surface area contributed by atoms with Crippen LogP contribution in [0.1, 0.15) is 10.4 Å². The summed E-state index contributed by atoms with van der Waals surface area (Å²) in [4.78, 5) is 19.3. The predicted molar refractivity (Wildman–Crippen MR) is 68.2 cm³/mol. The minimum absolute atomic E-state index is 0.313. The zero-order valence-electron chi connectivity index (χ0n) is 9.55. The van der Waals surface area contributed by atoms with Gasteiger partial charge in [0.15, 0.2) is 0 Å². The zero-order valence-corrected chi connectivity index (χ0v) is 10.3. The monoisotopic (exact) mass is 263 g/mol. The lowest BCUT2D eigenvalue weighted by Crippen LogP contribution is -2.02. The summed E-state index contributed by atoms with van der Waals surface area (Å²) in [7, 11) is 1.31. The first-order valence-electron chi connectivity index (χ1n) is 5.06. The fourth-order valence-electron chi connectivity index (χ4n) is 1.50. The Labute approximate surface area is 109 Å². The van der Waals surface area contributed by atoms with Crippen LogP contribution < -0.4 is 5.73 Å². The summed E-state index contributed by atoms with van der Waals surface area (Å²) in [5, 5.41) is 0.313. The predicted octanol–water partition coefficient (Wildman–Crippen LogP) is 2.17. The van der Waals surface area contributed by atoms with E-state index in [-0.39, 0.29) is 0 Å². The first-order valence-corrected chi connectivity index (χ1v) is 5.44. The summed E-state index contributed by atoms with van der Waals surface area (Å²) in [6.07, 6.45) is 4.55. The molecule has 0 saturated heterocycles. The van der Waals surface area contributed by atoms with Crippen LogP contribution in [0.15, 0.2) is 30.7 Å². The Bertz CT molecular complexity index is 602. The van der Waals surface area contributed by atoms with Gasteiger partial charge in [0, 0.05) is 35.4 Å². The topological polar surface area (TPSA) is 78.1 Å². The molecule has 92 valence electrons. The first kappa shape index (κ1) is 12.3. The Kier molecular flexibility index (Phi) is 3.43. The molecule has 2 aromatic heterocycles. The van der Waals surface area contributed by atoms with Gasteiger partial charge in [-0.3, -0.25) is 4.98 Å². The third kappa shape index (κ3) is 2.41. The maximum atomic E-state index is 11.4. The molecule has 0 fully saturated rings. The highest BCUT2D eigenvalue weighted by atomic mass is 35.5. The Morgan fingerprint density at radius 2 is 2.11 bits per heavy atom. The number of hydrogen-bond donors (Lipinski definition) is 1. The van der Waals surface area contributed by atoms with Crippen molar-refractivity contribution in [1.29, 1.82) is 0 Å². The normalized spacial score (nSPS) is 10.1. The molecule has 0 spiro atoms. The molecule has 2 N–H and O–H groups in total. The summed E-state index contributed by atoms with van der Waals surface area (Å²) in [5.74, 6) is -0.454. The van der Waals surface area contributed by atoms with Gasteiger partial charge < -0.3 is 10.5 Å². The molecule has 2 rings (SSSR count). The van der Waals surface area contributed by atoms with E-state index in [1.165, 1.54) is 19.5 Å². The number of nitrogens with two attached hydrogens (primary N) is 1. The van der Waals surface area contributed by atoms with Crippen molar-refractivity contribution in [3.63, 3.8) is 0 Å². The highest BCUT2D eigenvalue weighted by molar-refractivity contribution is 6.29. The molecule has 0 radical (unpaired) electrons. The van der Waals surface area contributed by atoms with Gasteiger partial charge in [0.25, 0.3) is 0 Å². The van der Waals surface area contributed by atoms with Crippen LogP contribution in [0.3, 0.4) is 0 Å². The minimum Gasteiger partial charge on any atom is -0.465 e. The number of aromatic nitrogens is 2.